The molecule has 2 aromatic carbocycles. The van der Waals surface area contributed by atoms with Crippen molar-refractivity contribution in [2.24, 2.45) is 0 Å². The van der Waals surface area contributed by atoms with Crippen molar-refractivity contribution in [1.82, 2.24) is 0 Å². The van der Waals surface area contributed by atoms with Gasteiger partial charge < -0.3 is 5.32 Å². The van der Waals surface area contributed by atoms with Gasteiger partial charge in [0, 0.05) is 16.8 Å². The molecule has 0 bridgehead atoms. The van der Waals surface area contributed by atoms with E-state index in [-0.39, 0.29) is 0 Å². The smallest absolute Gasteiger partial charge is 0.0463 e. The highest BCUT2D eigenvalue weighted by atomic mass is 14.9. The molecule has 0 aliphatic heterocycles. The Morgan fingerprint density at radius 1 is 0.944 bits per heavy atom. The van der Waals surface area contributed by atoms with Crippen LogP contribution in [0.15, 0.2) is 60.3 Å². The van der Waals surface area contributed by atoms with E-state index in [2.05, 4.69) is 66.9 Å². The Balaban J connectivity index is 2.04. The lowest BCUT2D eigenvalue weighted by Crippen LogP contribution is -1.99. The van der Waals surface area contributed by atoms with Crippen molar-refractivity contribution in [3.63, 3.8) is 0 Å². The number of nitrogens with one attached hydrogen (secondary N) is 1. The average Bonchev–Trinajstić information content (AvgIpc) is 2.41. The van der Waals surface area contributed by atoms with Gasteiger partial charge in [0.15, 0.2) is 0 Å². The summed E-state index contributed by atoms with van der Waals surface area (Å²) in [7, 11) is 0. The van der Waals surface area contributed by atoms with E-state index in [1.54, 1.807) is 0 Å². The fourth-order valence-electron chi connectivity index (χ4n) is 2.44. The van der Waals surface area contributed by atoms with E-state index >= 15 is 0 Å². The molecule has 2 aromatic rings. The number of hydrogen-bond donors (Lipinski definition) is 1. The second-order valence-electron chi connectivity index (χ2n) is 4.74. The van der Waals surface area contributed by atoms with Crippen LogP contribution in [-0.2, 0) is 0 Å². The molecule has 1 heteroatoms. The van der Waals surface area contributed by atoms with E-state index in [0.717, 1.165) is 12.8 Å². The molecule has 0 saturated heterocycles. The second kappa shape index (κ2) is 4.69. The highest BCUT2D eigenvalue weighted by Gasteiger charge is 2.04. The lowest BCUT2D eigenvalue weighted by Gasteiger charge is -2.13. The van der Waals surface area contributed by atoms with E-state index in [4.69, 9.17) is 0 Å². The first-order valence-electron chi connectivity index (χ1n) is 6.47. The minimum atomic E-state index is 1.13. The average molecular weight is 235 g/mol. The summed E-state index contributed by atoms with van der Waals surface area (Å²) >= 11 is 0. The fourth-order valence-corrected chi connectivity index (χ4v) is 2.44. The van der Waals surface area contributed by atoms with Crippen LogP contribution in [0.4, 0.5) is 5.69 Å². The molecule has 0 fully saturated rings. The van der Waals surface area contributed by atoms with E-state index in [1.165, 1.54) is 27.7 Å². The minimum Gasteiger partial charge on any atom is -0.355 e. The molecule has 0 amide bonds. The van der Waals surface area contributed by atoms with Gasteiger partial charge in [0.05, 0.1) is 0 Å². The van der Waals surface area contributed by atoms with Crippen LogP contribution in [0.25, 0.3) is 10.8 Å². The number of benzene rings is 2. The van der Waals surface area contributed by atoms with E-state index in [0.29, 0.717) is 0 Å². The summed E-state index contributed by atoms with van der Waals surface area (Å²) in [6.07, 6.45) is 8.92. The van der Waals surface area contributed by atoms with Crippen molar-refractivity contribution in [3.05, 3.63) is 65.9 Å². The number of rotatable bonds is 2. The molecular weight excluding hydrogens is 218 g/mol. The molecule has 3 rings (SSSR count). The third-order valence-electron chi connectivity index (χ3n) is 3.41. The zero-order valence-electron chi connectivity index (χ0n) is 10.6. The Bertz CT molecular complexity index is 635. The summed E-state index contributed by atoms with van der Waals surface area (Å²) in [5.41, 5.74) is 3.72. The molecule has 0 atom stereocenters. The SMILES string of the molecule is Cc1cccc2c(NC3=CCCC=C3)cccc12. The van der Waals surface area contributed by atoms with Gasteiger partial charge in [-0.1, -0.05) is 42.5 Å². The summed E-state index contributed by atoms with van der Waals surface area (Å²) < 4.78 is 0. The van der Waals surface area contributed by atoms with Gasteiger partial charge in [-0.3, -0.25) is 0 Å². The molecule has 1 aliphatic rings. The predicted octanol–water partition coefficient (Wildman–Crippen LogP) is 4.79. The molecule has 0 heterocycles. The van der Waals surface area contributed by atoms with Crippen molar-refractivity contribution >= 4 is 16.5 Å². The molecule has 0 unspecified atom stereocenters. The maximum absolute atomic E-state index is 3.53. The summed E-state index contributed by atoms with van der Waals surface area (Å²) in [4.78, 5) is 0. The van der Waals surface area contributed by atoms with Crippen molar-refractivity contribution in [3.8, 4) is 0 Å². The van der Waals surface area contributed by atoms with E-state index in [1.807, 2.05) is 0 Å². The standard InChI is InChI=1S/C17H17N/c1-13-7-5-11-16-15(13)10-6-12-17(16)18-14-8-3-2-4-9-14/h3,5-12,18H,2,4H2,1H3. The van der Waals surface area contributed by atoms with Crippen LogP contribution in [0.5, 0.6) is 0 Å². The van der Waals surface area contributed by atoms with Gasteiger partial charge in [-0.05, 0) is 42.9 Å². The van der Waals surface area contributed by atoms with Crippen molar-refractivity contribution < 1.29 is 0 Å². The Morgan fingerprint density at radius 2 is 1.78 bits per heavy atom. The summed E-state index contributed by atoms with van der Waals surface area (Å²) in [5.74, 6) is 0. The normalized spacial score (nSPS) is 14.6. The van der Waals surface area contributed by atoms with Gasteiger partial charge in [0.1, 0.15) is 0 Å². The first-order valence-corrected chi connectivity index (χ1v) is 6.47. The van der Waals surface area contributed by atoms with Crippen LogP contribution in [0.3, 0.4) is 0 Å². The lowest BCUT2D eigenvalue weighted by molar-refractivity contribution is 1.02. The highest BCUT2D eigenvalue weighted by molar-refractivity contribution is 5.96. The topological polar surface area (TPSA) is 12.0 Å². The van der Waals surface area contributed by atoms with Gasteiger partial charge in [-0.15, -0.1) is 0 Å². The number of aryl methyl sites for hydroxylation is 1. The maximum Gasteiger partial charge on any atom is 0.0463 e. The summed E-state index contributed by atoms with van der Waals surface area (Å²) in [5, 5.41) is 6.14. The number of hydrogen-bond acceptors (Lipinski definition) is 1. The maximum atomic E-state index is 3.53. The van der Waals surface area contributed by atoms with Gasteiger partial charge in [-0.2, -0.15) is 0 Å². The molecule has 0 aromatic heterocycles. The lowest BCUT2D eigenvalue weighted by atomic mass is 10.0. The Labute approximate surface area is 108 Å². The molecule has 1 nitrogen and oxygen atoms in total. The molecule has 1 aliphatic carbocycles. The quantitative estimate of drug-likeness (QED) is 0.788. The number of fused-ring (bicyclic) bond motifs is 1. The van der Waals surface area contributed by atoms with Crippen molar-refractivity contribution in [2.45, 2.75) is 19.8 Å². The van der Waals surface area contributed by atoms with Crippen LogP contribution in [0, 0.1) is 6.92 Å². The van der Waals surface area contributed by atoms with Crippen LogP contribution in [-0.4, -0.2) is 0 Å². The van der Waals surface area contributed by atoms with Crippen molar-refractivity contribution in [1.29, 1.82) is 0 Å². The largest absolute Gasteiger partial charge is 0.355 e. The Hall–Kier alpha value is -2.02. The Morgan fingerprint density at radius 3 is 2.61 bits per heavy atom. The first-order chi connectivity index (χ1) is 8.84. The predicted molar refractivity (Wildman–Crippen MR) is 78.8 cm³/mol. The third-order valence-corrected chi connectivity index (χ3v) is 3.41. The van der Waals surface area contributed by atoms with Crippen LogP contribution in [0.2, 0.25) is 0 Å². The van der Waals surface area contributed by atoms with Crippen LogP contribution >= 0.6 is 0 Å². The van der Waals surface area contributed by atoms with E-state index < -0.39 is 0 Å². The van der Waals surface area contributed by atoms with Gasteiger partial charge in [0.2, 0.25) is 0 Å². The van der Waals surface area contributed by atoms with Crippen LogP contribution < -0.4 is 5.32 Å². The highest BCUT2D eigenvalue weighted by Crippen LogP contribution is 2.27. The van der Waals surface area contributed by atoms with Gasteiger partial charge in [-0.25, -0.2) is 0 Å². The van der Waals surface area contributed by atoms with Crippen molar-refractivity contribution in [2.75, 3.05) is 5.32 Å². The number of anilines is 1. The number of allylic oxidation sites excluding steroid dienone is 3. The first kappa shape index (κ1) is 11.1. The summed E-state index contributed by atoms with van der Waals surface area (Å²) in [6.45, 7) is 2.16. The molecule has 90 valence electrons. The fraction of sp³-hybridized carbons (Fsp3) is 0.176. The molecule has 0 spiro atoms. The molecule has 1 N–H and O–H groups in total. The molecule has 0 saturated carbocycles. The van der Waals surface area contributed by atoms with Crippen LogP contribution in [0.1, 0.15) is 18.4 Å². The zero-order valence-corrected chi connectivity index (χ0v) is 10.6. The molecule has 18 heavy (non-hydrogen) atoms. The van der Waals surface area contributed by atoms with E-state index in [9.17, 15) is 0 Å². The zero-order chi connectivity index (χ0) is 12.4. The van der Waals surface area contributed by atoms with Gasteiger partial charge >= 0.3 is 0 Å². The molecule has 0 radical (unpaired) electrons. The third kappa shape index (κ3) is 2.04. The second-order valence-corrected chi connectivity index (χ2v) is 4.74. The Kier molecular flexibility index (Phi) is 2.89. The summed E-state index contributed by atoms with van der Waals surface area (Å²) in [6, 6.07) is 12.9. The monoisotopic (exact) mass is 235 g/mol. The minimum absolute atomic E-state index is 1.13. The molecular formula is C17H17N. The van der Waals surface area contributed by atoms with Gasteiger partial charge in [0.25, 0.3) is 0 Å².